The number of H-pyrrole nitrogens is 1. The Morgan fingerprint density at radius 3 is 1.64 bits per heavy atom. The molecule has 612 valence electrons. The predicted molar refractivity (Wildman–Crippen MR) is 427 cm³/mol. The van der Waals surface area contributed by atoms with E-state index >= 15 is 28.8 Å². The Morgan fingerprint density at radius 1 is 0.535 bits per heavy atom. The van der Waals surface area contributed by atoms with Crippen molar-refractivity contribution in [2.75, 3.05) is 31.2 Å². The molecule has 35 heteroatoms. The number of nitrogens with one attached hydrogen (secondary N) is 14. The van der Waals surface area contributed by atoms with Crippen LogP contribution in [-0.2, 0) is 101 Å². The van der Waals surface area contributed by atoms with Crippen molar-refractivity contribution in [3.63, 3.8) is 0 Å². The number of benzene rings is 5. The van der Waals surface area contributed by atoms with E-state index in [9.17, 15) is 54.0 Å². The van der Waals surface area contributed by atoms with E-state index in [1.165, 1.54) is 31.2 Å². The van der Waals surface area contributed by atoms with E-state index in [2.05, 4.69) is 74.1 Å². The van der Waals surface area contributed by atoms with Crippen molar-refractivity contribution >= 4 is 109 Å². The highest BCUT2D eigenvalue weighted by molar-refractivity contribution is 8.76. The van der Waals surface area contributed by atoms with Crippen molar-refractivity contribution < 1.29 is 82.8 Å². The second-order valence-corrected chi connectivity index (χ2v) is 30.9. The number of aromatic hydroxyl groups is 1. The molecule has 3 heterocycles. The van der Waals surface area contributed by atoms with Gasteiger partial charge in [-0.05, 0) is 104 Å². The van der Waals surface area contributed by atoms with Crippen molar-refractivity contribution in [1.29, 1.82) is 0 Å². The molecule has 12 amide bonds. The molecule has 2 bridgehead atoms. The zero-order chi connectivity index (χ0) is 82.4. The van der Waals surface area contributed by atoms with Crippen LogP contribution in [0.15, 0.2) is 140 Å². The quantitative estimate of drug-likeness (QED) is 0.0281. The number of phenolic OH excluding ortho intramolecular Hbond substituents is 1. The van der Waals surface area contributed by atoms with Gasteiger partial charge in [-0.3, -0.25) is 57.5 Å². The Bertz CT molecular complexity index is 4280. The van der Waals surface area contributed by atoms with Crippen LogP contribution < -0.4 is 80.6 Å². The number of carboxylic acid groups (broad SMARTS) is 1. The first-order valence-corrected chi connectivity index (χ1v) is 40.2. The number of amides is 12. The molecule has 114 heavy (non-hydrogen) atoms. The predicted octanol–water partition coefficient (Wildman–Crippen LogP) is -1.17. The highest BCUT2D eigenvalue weighted by Crippen LogP contribution is 2.25. The van der Waals surface area contributed by atoms with Crippen molar-refractivity contribution in [2.45, 2.75) is 183 Å². The van der Waals surface area contributed by atoms with Crippen molar-refractivity contribution in [3.8, 4) is 5.75 Å². The highest BCUT2D eigenvalue weighted by atomic mass is 33.1. The number of phenols is 1. The van der Waals surface area contributed by atoms with Gasteiger partial charge in [-0.15, -0.1) is 0 Å². The van der Waals surface area contributed by atoms with Crippen LogP contribution in [0.1, 0.15) is 92.7 Å². The topological polar surface area (TPSA) is 527 Å². The maximum atomic E-state index is 15.6. The lowest BCUT2D eigenvalue weighted by Crippen LogP contribution is -2.63. The van der Waals surface area contributed by atoms with Gasteiger partial charge in [0, 0.05) is 73.4 Å². The number of aliphatic hydroxyl groups is 2. The molecule has 5 aromatic carbocycles. The van der Waals surface area contributed by atoms with Gasteiger partial charge >= 0.3 is 5.97 Å². The van der Waals surface area contributed by atoms with Crippen LogP contribution in [0, 0.1) is 0 Å². The normalized spacial score (nSPS) is 23.5. The number of fused-ring (bicyclic) bond motifs is 8. The maximum Gasteiger partial charge on any atom is 0.327 e. The van der Waals surface area contributed by atoms with Gasteiger partial charge in [-0.1, -0.05) is 151 Å². The van der Waals surface area contributed by atoms with Crippen molar-refractivity contribution in [1.82, 2.24) is 74.1 Å². The summed E-state index contributed by atoms with van der Waals surface area (Å²) in [5.74, 6) is -14.9. The smallest absolute Gasteiger partial charge is 0.327 e. The Morgan fingerprint density at radius 2 is 1.04 bits per heavy atom. The minimum atomic E-state index is -1.94. The summed E-state index contributed by atoms with van der Waals surface area (Å²) < 4.78 is 0. The molecule has 2 fully saturated rings. The minimum Gasteiger partial charge on any atom is -0.508 e. The lowest BCUT2D eigenvalue weighted by Gasteiger charge is -2.29. The number of unbranched alkanes of at least 4 members (excludes halogenated alkanes) is 1. The van der Waals surface area contributed by atoms with Gasteiger partial charge in [0.1, 0.15) is 72.2 Å². The maximum absolute atomic E-state index is 15.6. The minimum absolute atomic E-state index is 0.0538. The number of aliphatic carboxylic acids is 1. The third-order valence-electron chi connectivity index (χ3n) is 19.0. The fourth-order valence-corrected chi connectivity index (χ4v) is 14.9. The molecule has 0 radical (unpaired) electrons. The standard InChI is InChI=1S/C79H102N16O17S2/c1-44(2)83-39-50-25-23-49(24-26-50)36-60-75(107)95-67(45(3)97)78(110)91-59(35-47-17-8-5-9-18-47)71(103)85-57-22-14-32-82-66(99)38-62(74(106)89-61(73(105)88-60)37-51-40-84-55-20-11-10-19-53(51)55)90-72(104)58(34-46-15-6-4-7-16-46)87-69(101)56(21-12-13-31-80)86-77(109)64(93-68(100)54(81)33-48-27-29-52(98)30-28-48)42-113-114-43-65(79(111)112)94-76(108)63(41-96)92-70(57)102/h4-11,15-20,23-30,40,44-45,54,56-65,67,83-84,96-98H,12-14,21-22,31-39,41-43,80-81H2,1-3H3,(H,82,99)(H,85,103)(H,86,109)(H,87,101)(H,88,105)(H,89,106)(H,90,104)(H,91,110)(H,92,102)(H,93,100)(H,94,108)(H,95,107)(H,111,112)/t45-,54+,56+,57+,58+,59+,60+,61-,62+,63+,64+,65+,67+/m1/s1. The molecule has 2 aliphatic rings. The first-order valence-electron chi connectivity index (χ1n) is 37.7. The molecular weight excluding hydrogens is 1510 g/mol. The molecule has 1 aromatic heterocycles. The average molecular weight is 1610 g/mol. The Kier molecular flexibility index (Phi) is 34.6. The number of carbonyl (C=O) groups is 13. The summed E-state index contributed by atoms with van der Waals surface area (Å²) in [6.45, 7) is 4.29. The molecule has 0 unspecified atom stereocenters. The molecule has 22 N–H and O–H groups in total. The van der Waals surface area contributed by atoms with Gasteiger partial charge in [0.25, 0.3) is 0 Å². The van der Waals surface area contributed by atoms with Crippen LogP contribution in [0.5, 0.6) is 5.75 Å². The Labute approximate surface area is 666 Å². The molecule has 6 aromatic rings. The molecular formula is C79H102N16O17S2. The van der Waals surface area contributed by atoms with Gasteiger partial charge < -0.3 is 106 Å². The SMILES string of the molecule is CC(C)NCc1ccc(C[C@@H]2NC(=O)[C@@H](Cc3c[nH]c4ccccc34)NC(=O)[C@@H]3CC(=O)NCCC[C@H](NC(=O)[C@H](Cc4ccccc4)NC(=O)[C@H]([C@@H](C)O)NC2=O)C(=O)N[C@@H](CO)C(=O)N[C@H](C(=O)O)CSSC[C@H](NC(=O)[C@@H](N)Cc2ccc(O)cc2)C(=O)N[C@@H](CCCCN)C(=O)N[C@@H](Cc2ccccc2)C(=O)N3)cc1. The highest BCUT2D eigenvalue weighted by Gasteiger charge is 2.39. The number of rotatable bonds is 22. The van der Waals surface area contributed by atoms with Gasteiger partial charge in [0.15, 0.2) is 0 Å². The van der Waals surface area contributed by atoms with E-state index in [1.54, 1.807) is 115 Å². The van der Waals surface area contributed by atoms with Crippen LogP contribution in [0.25, 0.3) is 10.9 Å². The summed E-state index contributed by atoms with van der Waals surface area (Å²) in [6.07, 6.45) is -2.41. The molecule has 2 saturated heterocycles. The van der Waals surface area contributed by atoms with Gasteiger partial charge in [-0.2, -0.15) is 0 Å². The first kappa shape index (κ1) is 88.6. The third kappa shape index (κ3) is 27.7. The van der Waals surface area contributed by atoms with Gasteiger partial charge in [-0.25, -0.2) is 4.79 Å². The van der Waals surface area contributed by atoms with E-state index in [0.717, 1.165) is 27.2 Å². The van der Waals surface area contributed by atoms with E-state index < -0.39 is 181 Å². The molecule has 0 spiro atoms. The Hall–Kier alpha value is -11.0. The summed E-state index contributed by atoms with van der Waals surface area (Å²) >= 11 is 0. The fraction of sp³-hybridized carbons (Fsp3) is 0.430. The number of hydrogen-bond donors (Lipinski definition) is 20. The average Bonchev–Trinajstić information content (AvgIpc) is 1.60. The van der Waals surface area contributed by atoms with Crippen LogP contribution in [0.4, 0.5) is 0 Å². The number of aliphatic hydroxyl groups excluding tert-OH is 2. The lowest BCUT2D eigenvalue weighted by atomic mass is 9.99. The second kappa shape index (κ2) is 44.5. The summed E-state index contributed by atoms with van der Waals surface area (Å²) in [6, 6.07) is 16.5. The first-order chi connectivity index (χ1) is 54.6. The van der Waals surface area contributed by atoms with Gasteiger partial charge in [0.2, 0.25) is 70.9 Å². The number of carbonyl (C=O) groups excluding carboxylic acids is 12. The third-order valence-corrected chi connectivity index (χ3v) is 21.4. The molecule has 2 aliphatic heterocycles. The fourth-order valence-electron chi connectivity index (χ4n) is 12.6. The molecule has 33 nitrogen and oxygen atoms in total. The number of aromatic nitrogens is 1. The van der Waals surface area contributed by atoms with Crippen LogP contribution in [0.3, 0.4) is 0 Å². The summed E-state index contributed by atoms with van der Waals surface area (Å²) in [5.41, 5.74) is 16.3. The number of hydrogen-bond acceptors (Lipinski definition) is 21. The Balaban J connectivity index is 1.25. The van der Waals surface area contributed by atoms with E-state index in [0.29, 0.717) is 51.7 Å². The lowest BCUT2D eigenvalue weighted by molar-refractivity contribution is -0.142. The van der Waals surface area contributed by atoms with E-state index in [4.69, 9.17) is 11.5 Å². The second-order valence-electron chi connectivity index (χ2n) is 28.4. The zero-order valence-electron chi connectivity index (χ0n) is 63.5. The van der Waals surface area contributed by atoms with Crippen LogP contribution in [0.2, 0.25) is 0 Å². The largest absolute Gasteiger partial charge is 0.508 e. The number of para-hydroxylation sites is 1. The monoisotopic (exact) mass is 1610 g/mol. The molecule has 13 atom stereocenters. The summed E-state index contributed by atoms with van der Waals surface area (Å²) in [5, 5.41) is 77.9. The van der Waals surface area contributed by atoms with E-state index in [1.807, 2.05) is 13.8 Å². The summed E-state index contributed by atoms with van der Waals surface area (Å²) in [4.78, 5) is 195. The van der Waals surface area contributed by atoms with Gasteiger partial charge in [0.05, 0.1) is 25.2 Å². The molecule has 0 saturated carbocycles. The number of carboxylic acids is 1. The zero-order valence-corrected chi connectivity index (χ0v) is 65.1. The van der Waals surface area contributed by atoms with Crippen LogP contribution >= 0.6 is 21.6 Å². The van der Waals surface area contributed by atoms with E-state index in [-0.39, 0.29) is 82.0 Å². The van der Waals surface area contributed by atoms with Crippen molar-refractivity contribution in [3.05, 3.63) is 173 Å². The summed E-state index contributed by atoms with van der Waals surface area (Å²) in [7, 11) is 1.68. The number of nitrogens with two attached hydrogens (primary N) is 2. The van der Waals surface area contributed by atoms with Crippen molar-refractivity contribution in [2.24, 2.45) is 11.5 Å². The molecule has 0 aliphatic carbocycles. The molecule has 8 rings (SSSR count). The van der Waals surface area contributed by atoms with Crippen LogP contribution in [-0.4, -0.2) is 218 Å². The number of aromatic amines is 1.